The van der Waals surface area contributed by atoms with Crippen molar-refractivity contribution in [3.05, 3.63) is 56.8 Å². The van der Waals surface area contributed by atoms with Gasteiger partial charge in [0.05, 0.1) is 16.1 Å². The summed E-state index contributed by atoms with van der Waals surface area (Å²) in [7, 11) is 0. The molecule has 0 saturated heterocycles. The van der Waals surface area contributed by atoms with Crippen molar-refractivity contribution >= 4 is 51.8 Å². The summed E-state index contributed by atoms with van der Waals surface area (Å²) in [6, 6.07) is 6.87. The summed E-state index contributed by atoms with van der Waals surface area (Å²) < 4.78 is 0. The first kappa shape index (κ1) is 15.7. The lowest BCUT2D eigenvalue weighted by Gasteiger charge is -2.05. The van der Waals surface area contributed by atoms with Gasteiger partial charge >= 0.3 is 5.97 Å². The number of halogens is 1. The molecule has 0 radical (unpaired) electrons. The van der Waals surface area contributed by atoms with Crippen molar-refractivity contribution in [1.82, 2.24) is 4.98 Å². The minimum absolute atomic E-state index is 0.0564. The smallest absolute Gasteiger partial charge is 0.339 e. The molecule has 0 spiro atoms. The number of nitrogens with one attached hydrogen (secondary N) is 1. The lowest BCUT2D eigenvalue weighted by atomic mass is 10.1. The fourth-order valence-electron chi connectivity index (χ4n) is 1.99. The van der Waals surface area contributed by atoms with Crippen LogP contribution in [0.1, 0.15) is 20.8 Å². The molecule has 116 valence electrons. The van der Waals surface area contributed by atoms with E-state index in [9.17, 15) is 14.7 Å². The zero-order valence-corrected chi connectivity index (χ0v) is 13.8. The Hall–Kier alpha value is -2.22. The summed E-state index contributed by atoms with van der Waals surface area (Å²) in [6.07, 6.45) is 0. The zero-order valence-electron chi connectivity index (χ0n) is 11.4. The number of nitrogens with zero attached hydrogens (tertiary/aromatic N) is 1. The Morgan fingerprint density at radius 3 is 2.52 bits per heavy atom. The number of aromatic nitrogens is 1. The molecule has 0 aliphatic heterocycles. The van der Waals surface area contributed by atoms with E-state index < -0.39 is 11.9 Å². The molecule has 1 aromatic carbocycles. The van der Waals surface area contributed by atoms with Crippen molar-refractivity contribution < 1.29 is 14.7 Å². The third kappa shape index (κ3) is 3.26. The van der Waals surface area contributed by atoms with Gasteiger partial charge < -0.3 is 10.4 Å². The van der Waals surface area contributed by atoms with E-state index in [1.165, 1.54) is 22.7 Å². The monoisotopic (exact) mass is 364 g/mol. The maximum absolute atomic E-state index is 12.1. The fourth-order valence-corrected chi connectivity index (χ4v) is 3.64. The van der Waals surface area contributed by atoms with E-state index in [1.807, 2.05) is 0 Å². The molecule has 3 rings (SSSR count). The van der Waals surface area contributed by atoms with Crippen LogP contribution in [-0.4, -0.2) is 22.0 Å². The molecule has 0 fully saturated rings. The summed E-state index contributed by atoms with van der Waals surface area (Å²) in [5.74, 6) is -1.54. The van der Waals surface area contributed by atoms with Gasteiger partial charge in [-0.3, -0.25) is 4.79 Å². The van der Waals surface area contributed by atoms with Crippen LogP contribution >= 0.6 is 34.3 Å². The highest BCUT2D eigenvalue weighted by atomic mass is 35.5. The minimum atomic E-state index is -1.11. The Morgan fingerprint density at radius 1 is 1.17 bits per heavy atom. The van der Waals surface area contributed by atoms with E-state index in [1.54, 1.807) is 40.5 Å². The number of thiophene rings is 1. The molecule has 2 heterocycles. The topological polar surface area (TPSA) is 79.3 Å². The van der Waals surface area contributed by atoms with Gasteiger partial charge in [-0.15, -0.1) is 22.7 Å². The second-order valence-electron chi connectivity index (χ2n) is 4.49. The summed E-state index contributed by atoms with van der Waals surface area (Å²) in [5, 5.41) is 15.9. The summed E-state index contributed by atoms with van der Waals surface area (Å²) in [6.45, 7) is 0. The van der Waals surface area contributed by atoms with Crippen molar-refractivity contribution in [2.24, 2.45) is 0 Å². The predicted molar refractivity (Wildman–Crippen MR) is 91.8 cm³/mol. The quantitative estimate of drug-likeness (QED) is 0.715. The molecule has 0 atom stereocenters. The maximum Gasteiger partial charge on any atom is 0.339 e. The number of hydrogen-bond donors (Lipinski definition) is 2. The molecular formula is C15H9ClN2O3S2. The number of hydrogen-bond acceptors (Lipinski definition) is 5. The van der Waals surface area contributed by atoms with Crippen molar-refractivity contribution in [2.75, 3.05) is 5.32 Å². The van der Waals surface area contributed by atoms with Gasteiger partial charge in [-0.05, 0) is 17.7 Å². The standard InChI is InChI=1S/C15H9ClN2O3S2/c16-9-3-1-8(2-4-9)13-12(15(20)21)10(6-23-13)18-14(19)11-5-22-7-17-11/h1-7H,(H,18,19)(H,20,21). The van der Waals surface area contributed by atoms with E-state index in [2.05, 4.69) is 10.3 Å². The van der Waals surface area contributed by atoms with Gasteiger partial charge in [0, 0.05) is 15.8 Å². The van der Waals surface area contributed by atoms with E-state index in [4.69, 9.17) is 11.6 Å². The molecule has 1 amide bonds. The van der Waals surface area contributed by atoms with Crippen molar-refractivity contribution in [3.63, 3.8) is 0 Å². The highest BCUT2D eigenvalue weighted by Crippen LogP contribution is 2.36. The van der Waals surface area contributed by atoms with Crippen molar-refractivity contribution in [3.8, 4) is 10.4 Å². The molecule has 0 aliphatic carbocycles. The Kier molecular flexibility index (Phi) is 4.42. The summed E-state index contributed by atoms with van der Waals surface area (Å²) >= 11 is 8.40. The number of carbonyl (C=O) groups is 2. The average molecular weight is 365 g/mol. The maximum atomic E-state index is 12.1. The molecular weight excluding hydrogens is 356 g/mol. The molecule has 0 bridgehead atoms. The number of carboxylic acids is 1. The number of carbonyl (C=O) groups excluding carboxylic acids is 1. The zero-order chi connectivity index (χ0) is 16.4. The van der Waals surface area contributed by atoms with Crippen LogP contribution in [0.3, 0.4) is 0 Å². The van der Waals surface area contributed by atoms with E-state index >= 15 is 0 Å². The van der Waals surface area contributed by atoms with Gasteiger partial charge in [-0.25, -0.2) is 9.78 Å². The van der Waals surface area contributed by atoms with Gasteiger partial charge in [-0.1, -0.05) is 23.7 Å². The summed E-state index contributed by atoms with van der Waals surface area (Å²) in [4.78, 5) is 28.2. The number of amides is 1. The first-order valence-corrected chi connectivity index (χ1v) is 8.56. The first-order chi connectivity index (χ1) is 11.1. The van der Waals surface area contributed by atoms with Crippen LogP contribution in [0.25, 0.3) is 10.4 Å². The highest BCUT2D eigenvalue weighted by molar-refractivity contribution is 7.14. The highest BCUT2D eigenvalue weighted by Gasteiger charge is 2.21. The molecule has 0 aliphatic rings. The van der Waals surface area contributed by atoms with Crippen LogP contribution in [0.2, 0.25) is 5.02 Å². The fraction of sp³-hybridized carbons (Fsp3) is 0. The molecule has 0 unspecified atom stereocenters. The molecule has 5 nitrogen and oxygen atoms in total. The minimum Gasteiger partial charge on any atom is -0.478 e. The first-order valence-electron chi connectivity index (χ1n) is 6.36. The van der Waals surface area contributed by atoms with Crippen molar-refractivity contribution in [1.29, 1.82) is 0 Å². The SMILES string of the molecule is O=C(Nc1csc(-c2ccc(Cl)cc2)c1C(=O)O)c1cscn1. The van der Waals surface area contributed by atoms with E-state index in [0.29, 0.717) is 9.90 Å². The Morgan fingerprint density at radius 2 is 1.91 bits per heavy atom. The average Bonchev–Trinajstić information content (AvgIpc) is 3.17. The van der Waals surface area contributed by atoms with Gasteiger partial charge in [0.1, 0.15) is 11.3 Å². The number of anilines is 1. The van der Waals surface area contributed by atoms with Crippen LogP contribution in [0, 0.1) is 0 Å². The number of rotatable bonds is 4. The number of benzene rings is 1. The van der Waals surface area contributed by atoms with Crippen LogP contribution < -0.4 is 5.32 Å². The van der Waals surface area contributed by atoms with Gasteiger partial charge in [0.2, 0.25) is 0 Å². The second kappa shape index (κ2) is 6.49. The number of thiazole rings is 1. The van der Waals surface area contributed by atoms with Crippen LogP contribution in [0.4, 0.5) is 5.69 Å². The normalized spacial score (nSPS) is 10.5. The molecule has 3 aromatic rings. The van der Waals surface area contributed by atoms with E-state index in [0.717, 1.165) is 5.56 Å². The van der Waals surface area contributed by atoms with Crippen molar-refractivity contribution in [2.45, 2.75) is 0 Å². The van der Waals surface area contributed by atoms with Crippen LogP contribution in [-0.2, 0) is 0 Å². The summed E-state index contributed by atoms with van der Waals surface area (Å²) in [5.41, 5.74) is 2.84. The molecule has 2 aromatic heterocycles. The van der Waals surface area contributed by atoms with E-state index in [-0.39, 0.29) is 16.9 Å². The van der Waals surface area contributed by atoms with Crippen LogP contribution in [0.5, 0.6) is 0 Å². The Labute approximate surface area is 144 Å². The second-order valence-corrected chi connectivity index (χ2v) is 6.53. The van der Waals surface area contributed by atoms with Gasteiger partial charge in [0.15, 0.2) is 0 Å². The molecule has 0 saturated carbocycles. The Balaban J connectivity index is 1.97. The van der Waals surface area contributed by atoms with Gasteiger partial charge in [0.25, 0.3) is 5.91 Å². The van der Waals surface area contributed by atoms with Gasteiger partial charge in [-0.2, -0.15) is 0 Å². The molecule has 2 N–H and O–H groups in total. The lowest BCUT2D eigenvalue weighted by molar-refractivity contribution is 0.0699. The Bertz CT molecular complexity index is 857. The molecule has 23 heavy (non-hydrogen) atoms. The van der Waals surface area contributed by atoms with Crippen LogP contribution in [0.15, 0.2) is 40.5 Å². The number of aromatic carboxylic acids is 1. The largest absolute Gasteiger partial charge is 0.478 e. The third-order valence-electron chi connectivity index (χ3n) is 3.02. The lowest BCUT2D eigenvalue weighted by Crippen LogP contribution is -2.14. The third-order valence-corrected chi connectivity index (χ3v) is 4.89. The molecule has 8 heteroatoms. The predicted octanol–water partition coefficient (Wildman–Crippen LogP) is 4.48. The number of carboxylic acid groups (broad SMARTS) is 1.